The third-order valence-corrected chi connectivity index (χ3v) is 8.72. The molecule has 184 valence electrons. The van der Waals surface area contributed by atoms with Crippen molar-refractivity contribution in [1.29, 1.82) is 0 Å². The molecule has 1 N–H and O–H groups in total. The maximum absolute atomic E-state index is 3.81. The quantitative estimate of drug-likeness (QED) is 0.246. The molecular formula is C36H25N3. The van der Waals surface area contributed by atoms with Gasteiger partial charge in [0.05, 0.1) is 22.1 Å². The minimum atomic E-state index is -0.515. The van der Waals surface area contributed by atoms with Crippen LogP contribution < -0.4 is 0 Å². The van der Waals surface area contributed by atoms with Crippen LogP contribution in [0.1, 0.15) is 11.3 Å². The molecule has 0 atom stereocenters. The van der Waals surface area contributed by atoms with Crippen LogP contribution in [0.2, 0.25) is 0 Å². The van der Waals surface area contributed by atoms with Gasteiger partial charge in [-0.3, -0.25) is 0 Å². The fraction of sp³-hybridized carbons (Fsp3) is 0.0556. The van der Waals surface area contributed by atoms with Gasteiger partial charge in [0.25, 0.3) is 0 Å². The van der Waals surface area contributed by atoms with Crippen LogP contribution in [0, 0.1) is 0 Å². The van der Waals surface area contributed by atoms with E-state index >= 15 is 0 Å². The minimum absolute atomic E-state index is 0.515. The second kappa shape index (κ2) is 7.52. The van der Waals surface area contributed by atoms with E-state index in [1.54, 1.807) is 0 Å². The summed E-state index contributed by atoms with van der Waals surface area (Å²) < 4.78 is 5.17. The SMILES string of the molecule is C1=CC(n2c3ccccc3c3ccccc32)(n2c3ccccc3c3ccccc32)Cc2[nH]c3ccccc3c21. The molecule has 8 aromatic rings. The Balaban J connectivity index is 1.49. The molecule has 1 aliphatic carbocycles. The van der Waals surface area contributed by atoms with Crippen LogP contribution in [-0.4, -0.2) is 14.1 Å². The molecule has 0 aliphatic heterocycles. The van der Waals surface area contributed by atoms with E-state index in [1.807, 2.05) is 0 Å². The van der Waals surface area contributed by atoms with Crippen molar-refractivity contribution in [2.75, 3.05) is 0 Å². The number of nitrogens with one attached hydrogen (secondary N) is 1. The van der Waals surface area contributed by atoms with E-state index in [9.17, 15) is 0 Å². The second-order valence-corrected chi connectivity index (χ2v) is 10.7. The van der Waals surface area contributed by atoms with Gasteiger partial charge in [0.2, 0.25) is 0 Å². The maximum Gasteiger partial charge on any atom is 0.147 e. The number of hydrogen-bond acceptors (Lipinski definition) is 0. The number of allylic oxidation sites excluding steroid dienone is 1. The van der Waals surface area contributed by atoms with Crippen LogP contribution in [0.5, 0.6) is 0 Å². The van der Waals surface area contributed by atoms with E-state index in [2.05, 4.69) is 148 Å². The number of rotatable bonds is 2. The lowest BCUT2D eigenvalue weighted by molar-refractivity contribution is 0.337. The molecule has 0 saturated heterocycles. The molecule has 1 aliphatic rings. The van der Waals surface area contributed by atoms with E-state index in [0.29, 0.717) is 0 Å². The molecule has 39 heavy (non-hydrogen) atoms. The highest BCUT2D eigenvalue weighted by atomic mass is 15.3. The molecule has 0 saturated carbocycles. The molecule has 0 bridgehead atoms. The average molecular weight is 500 g/mol. The minimum Gasteiger partial charge on any atom is -0.358 e. The van der Waals surface area contributed by atoms with Crippen LogP contribution >= 0.6 is 0 Å². The first-order valence-electron chi connectivity index (χ1n) is 13.6. The number of para-hydroxylation sites is 5. The van der Waals surface area contributed by atoms with E-state index in [1.165, 1.54) is 65.8 Å². The van der Waals surface area contributed by atoms with Crippen LogP contribution in [0.25, 0.3) is 60.6 Å². The highest BCUT2D eigenvalue weighted by Gasteiger charge is 2.40. The fourth-order valence-corrected chi connectivity index (χ4v) is 7.17. The Morgan fingerprint density at radius 3 is 1.38 bits per heavy atom. The summed E-state index contributed by atoms with van der Waals surface area (Å²) in [6.07, 6.45) is 5.61. The first-order chi connectivity index (χ1) is 19.3. The highest BCUT2D eigenvalue weighted by Crippen LogP contribution is 2.45. The summed E-state index contributed by atoms with van der Waals surface area (Å²) in [5.41, 5.74) is 8.20. The van der Waals surface area contributed by atoms with Gasteiger partial charge >= 0.3 is 0 Å². The van der Waals surface area contributed by atoms with Crippen molar-refractivity contribution in [3.8, 4) is 0 Å². The van der Waals surface area contributed by atoms with Crippen molar-refractivity contribution >= 4 is 60.6 Å². The van der Waals surface area contributed by atoms with Crippen molar-refractivity contribution < 1.29 is 0 Å². The molecule has 3 nitrogen and oxygen atoms in total. The van der Waals surface area contributed by atoms with Gasteiger partial charge in [0.1, 0.15) is 5.66 Å². The van der Waals surface area contributed by atoms with Crippen LogP contribution in [0.4, 0.5) is 0 Å². The number of hydrogen-bond donors (Lipinski definition) is 1. The number of benzene rings is 5. The Labute approximate surface area is 225 Å². The van der Waals surface area contributed by atoms with Crippen molar-refractivity contribution in [2.24, 2.45) is 0 Å². The molecular weight excluding hydrogens is 474 g/mol. The lowest BCUT2D eigenvalue weighted by Gasteiger charge is -2.39. The van der Waals surface area contributed by atoms with Crippen LogP contribution in [-0.2, 0) is 12.1 Å². The molecule has 0 amide bonds. The summed E-state index contributed by atoms with van der Waals surface area (Å²) >= 11 is 0. The second-order valence-electron chi connectivity index (χ2n) is 10.7. The zero-order valence-corrected chi connectivity index (χ0v) is 21.3. The Morgan fingerprint density at radius 1 is 0.487 bits per heavy atom. The zero-order valence-electron chi connectivity index (χ0n) is 21.3. The van der Waals surface area contributed by atoms with Crippen molar-refractivity contribution in [3.05, 3.63) is 139 Å². The largest absolute Gasteiger partial charge is 0.358 e. The first kappa shape index (κ1) is 21.0. The fourth-order valence-electron chi connectivity index (χ4n) is 7.17. The van der Waals surface area contributed by atoms with Gasteiger partial charge in [-0.2, -0.15) is 0 Å². The summed E-state index contributed by atoms with van der Waals surface area (Å²) in [5.74, 6) is 0. The van der Waals surface area contributed by atoms with Gasteiger partial charge in [-0.1, -0.05) is 97.1 Å². The molecule has 0 fully saturated rings. The summed E-state index contributed by atoms with van der Waals surface area (Å²) in [5, 5.41) is 6.41. The summed E-state index contributed by atoms with van der Waals surface area (Å²) in [7, 11) is 0. The van der Waals surface area contributed by atoms with Gasteiger partial charge in [0.15, 0.2) is 0 Å². The van der Waals surface area contributed by atoms with Gasteiger partial charge in [0, 0.05) is 50.1 Å². The lowest BCUT2D eigenvalue weighted by Crippen LogP contribution is -2.42. The van der Waals surface area contributed by atoms with Crippen LogP contribution in [0.3, 0.4) is 0 Å². The Hall–Kier alpha value is -5.02. The number of nitrogens with zero attached hydrogens (tertiary/aromatic N) is 2. The molecule has 3 heteroatoms. The molecule has 0 spiro atoms. The third kappa shape index (κ3) is 2.67. The Bertz CT molecular complexity index is 2050. The number of fused-ring (bicyclic) bond motifs is 9. The number of H-pyrrole nitrogens is 1. The summed E-state index contributed by atoms with van der Waals surface area (Å²) in [4.78, 5) is 3.81. The summed E-state index contributed by atoms with van der Waals surface area (Å²) in [6.45, 7) is 0. The Kier molecular flexibility index (Phi) is 4.04. The van der Waals surface area contributed by atoms with Gasteiger partial charge < -0.3 is 14.1 Å². The van der Waals surface area contributed by atoms with Gasteiger partial charge in [-0.15, -0.1) is 0 Å². The standard InChI is InChI=1S/C36H25N3/c1-6-16-30-24(11-1)25-21-22-36(23-31(25)37-30,38-32-17-7-2-12-26(32)27-13-3-8-18-33(27)38)39-34-19-9-4-14-28(34)29-15-5-10-20-35(29)39/h1-22,37H,23H2. The van der Waals surface area contributed by atoms with Crippen molar-refractivity contribution in [1.82, 2.24) is 14.1 Å². The highest BCUT2D eigenvalue weighted by molar-refractivity contribution is 6.10. The molecule has 0 unspecified atom stereocenters. The smallest absolute Gasteiger partial charge is 0.147 e. The van der Waals surface area contributed by atoms with Crippen molar-refractivity contribution in [2.45, 2.75) is 12.1 Å². The normalized spacial score (nSPS) is 14.7. The molecule has 5 aromatic carbocycles. The summed E-state index contributed by atoms with van der Waals surface area (Å²) in [6, 6.07) is 44.1. The molecule has 9 rings (SSSR count). The monoisotopic (exact) mass is 499 g/mol. The average Bonchev–Trinajstić information content (AvgIpc) is 3.64. The first-order valence-corrected chi connectivity index (χ1v) is 13.6. The topological polar surface area (TPSA) is 25.6 Å². The van der Waals surface area contributed by atoms with E-state index < -0.39 is 5.66 Å². The maximum atomic E-state index is 3.81. The van der Waals surface area contributed by atoms with Crippen molar-refractivity contribution in [3.63, 3.8) is 0 Å². The third-order valence-electron chi connectivity index (χ3n) is 8.72. The predicted octanol–water partition coefficient (Wildman–Crippen LogP) is 8.85. The predicted molar refractivity (Wildman–Crippen MR) is 163 cm³/mol. The molecule has 3 aromatic heterocycles. The van der Waals surface area contributed by atoms with E-state index in [-0.39, 0.29) is 0 Å². The lowest BCUT2D eigenvalue weighted by atomic mass is 9.91. The van der Waals surface area contributed by atoms with Crippen LogP contribution in [0.15, 0.2) is 127 Å². The van der Waals surface area contributed by atoms with Gasteiger partial charge in [-0.25, -0.2) is 0 Å². The van der Waals surface area contributed by atoms with E-state index in [0.717, 1.165) is 6.42 Å². The number of aromatic amines is 1. The van der Waals surface area contributed by atoms with E-state index in [4.69, 9.17) is 0 Å². The zero-order chi connectivity index (χ0) is 25.6. The molecule has 0 radical (unpaired) electrons. The Morgan fingerprint density at radius 2 is 0.897 bits per heavy atom. The molecule has 3 heterocycles. The number of aromatic nitrogens is 3. The van der Waals surface area contributed by atoms with Gasteiger partial charge in [-0.05, 0) is 36.4 Å².